The quantitative estimate of drug-likeness (QED) is 0.243. The summed E-state index contributed by atoms with van der Waals surface area (Å²) in [6, 6.07) is 15.0. The second-order valence-electron chi connectivity index (χ2n) is 10.3. The molecule has 0 spiro atoms. The molecule has 2 aliphatic carbocycles. The van der Waals surface area contributed by atoms with Crippen molar-refractivity contribution in [3.05, 3.63) is 77.1 Å². The minimum absolute atomic E-state index is 0.191. The summed E-state index contributed by atoms with van der Waals surface area (Å²) in [4.78, 5) is 4.64. The molecule has 0 radical (unpaired) electrons. The zero-order valence-corrected chi connectivity index (χ0v) is 23.9. The largest absolute Gasteiger partial charge is 0.490 e. The van der Waals surface area contributed by atoms with Gasteiger partial charge in [0, 0.05) is 41.6 Å². The van der Waals surface area contributed by atoms with Crippen molar-refractivity contribution < 1.29 is 17.9 Å². The van der Waals surface area contributed by atoms with Crippen LogP contribution in [-0.4, -0.2) is 43.4 Å². The molecule has 9 heteroatoms. The van der Waals surface area contributed by atoms with Crippen molar-refractivity contribution in [3.8, 4) is 16.9 Å². The van der Waals surface area contributed by atoms with Gasteiger partial charge in [-0.1, -0.05) is 36.7 Å². The Morgan fingerprint density at radius 1 is 1.10 bits per heavy atom. The molecule has 3 aromatic rings. The molecule has 5 rings (SSSR count). The molecule has 0 atom stereocenters. The SMILES string of the molecule is CCN(CCCCN)S(=O)(=O)c1ccc(Cl)c(COC2(c3cnccc3-c3ccccc3OC3CC3)CC2)c1. The van der Waals surface area contributed by atoms with Crippen LogP contribution in [0.4, 0.5) is 0 Å². The van der Waals surface area contributed by atoms with Crippen molar-refractivity contribution in [1.82, 2.24) is 9.29 Å². The highest BCUT2D eigenvalue weighted by Gasteiger charge is 2.48. The van der Waals surface area contributed by atoms with Crippen LogP contribution in [0.3, 0.4) is 0 Å². The van der Waals surface area contributed by atoms with Gasteiger partial charge in [0.1, 0.15) is 5.75 Å². The fourth-order valence-electron chi connectivity index (χ4n) is 4.82. The highest BCUT2D eigenvalue weighted by molar-refractivity contribution is 7.89. The summed E-state index contributed by atoms with van der Waals surface area (Å²) in [6.45, 7) is 3.40. The van der Waals surface area contributed by atoms with Gasteiger partial charge >= 0.3 is 0 Å². The van der Waals surface area contributed by atoms with Crippen LogP contribution in [0, 0.1) is 0 Å². The van der Waals surface area contributed by atoms with E-state index in [0.717, 1.165) is 61.0 Å². The van der Waals surface area contributed by atoms with Gasteiger partial charge in [-0.15, -0.1) is 0 Å². The molecule has 2 aliphatic rings. The normalized spacial score (nSPS) is 16.4. The molecule has 2 aromatic carbocycles. The lowest BCUT2D eigenvalue weighted by molar-refractivity contribution is 0.0173. The third-order valence-electron chi connectivity index (χ3n) is 7.38. The zero-order valence-electron chi connectivity index (χ0n) is 22.3. The Morgan fingerprint density at radius 3 is 2.62 bits per heavy atom. The lowest BCUT2D eigenvalue weighted by atomic mass is 9.96. The Hall–Kier alpha value is -2.49. The van der Waals surface area contributed by atoms with Crippen molar-refractivity contribution in [2.24, 2.45) is 5.73 Å². The third kappa shape index (κ3) is 6.31. The number of nitrogens with two attached hydrogens (primary N) is 1. The maximum Gasteiger partial charge on any atom is 0.243 e. The molecule has 2 N–H and O–H groups in total. The van der Waals surface area contributed by atoms with E-state index in [2.05, 4.69) is 11.1 Å². The van der Waals surface area contributed by atoms with E-state index in [0.29, 0.717) is 30.2 Å². The van der Waals surface area contributed by atoms with Gasteiger partial charge in [0.25, 0.3) is 0 Å². The van der Waals surface area contributed by atoms with Gasteiger partial charge < -0.3 is 15.2 Å². The van der Waals surface area contributed by atoms with E-state index < -0.39 is 15.6 Å². The van der Waals surface area contributed by atoms with E-state index in [1.807, 2.05) is 37.4 Å². The fourth-order valence-corrected chi connectivity index (χ4v) is 6.53. The van der Waals surface area contributed by atoms with Gasteiger partial charge in [0.15, 0.2) is 0 Å². The third-order valence-corrected chi connectivity index (χ3v) is 9.72. The number of unbranched alkanes of at least 4 members (excludes halogenated alkanes) is 1. The summed E-state index contributed by atoms with van der Waals surface area (Å²) in [7, 11) is -3.66. The molecular formula is C30H36ClN3O4S. The predicted molar refractivity (Wildman–Crippen MR) is 153 cm³/mol. The maximum atomic E-state index is 13.4. The number of sulfonamides is 1. The van der Waals surface area contributed by atoms with E-state index in [1.165, 1.54) is 4.31 Å². The average molecular weight is 570 g/mol. The molecule has 0 amide bonds. The lowest BCUT2D eigenvalue weighted by Gasteiger charge is -2.23. The van der Waals surface area contributed by atoms with E-state index in [-0.39, 0.29) is 17.6 Å². The molecule has 1 aromatic heterocycles. The summed E-state index contributed by atoms with van der Waals surface area (Å²) < 4.78 is 40.9. The summed E-state index contributed by atoms with van der Waals surface area (Å²) in [5.74, 6) is 0.871. The number of hydrogen-bond donors (Lipinski definition) is 1. The molecule has 7 nitrogen and oxygen atoms in total. The van der Waals surface area contributed by atoms with Crippen LogP contribution in [0.5, 0.6) is 5.75 Å². The van der Waals surface area contributed by atoms with E-state index in [9.17, 15) is 8.42 Å². The lowest BCUT2D eigenvalue weighted by Crippen LogP contribution is -2.32. The van der Waals surface area contributed by atoms with Crippen LogP contribution >= 0.6 is 11.6 Å². The average Bonchev–Trinajstić information content (AvgIpc) is 3.88. The molecule has 0 unspecified atom stereocenters. The second kappa shape index (κ2) is 11.9. The number of rotatable bonds is 14. The molecule has 0 bridgehead atoms. The number of benzene rings is 2. The first-order valence-electron chi connectivity index (χ1n) is 13.7. The zero-order chi connectivity index (χ0) is 27.5. The second-order valence-corrected chi connectivity index (χ2v) is 12.6. The van der Waals surface area contributed by atoms with Crippen LogP contribution in [0.15, 0.2) is 65.8 Å². The molecule has 1 heterocycles. The number of ether oxygens (including phenoxy) is 2. The first-order valence-corrected chi connectivity index (χ1v) is 15.5. The smallest absolute Gasteiger partial charge is 0.243 e. The molecule has 0 aliphatic heterocycles. The van der Waals surface area contributed by atoms with Crippen LogP contribution in [0.25, 0.3) is 11.1 Å². The minimum Gasteiger partial charge on any atom is -0.490 e. The molecule has 2 fully saturated rings. The van der Waals surface area contributed by atoms with E-state index >= 15 is 0 Å². The summed E-state index contributed by atoms with van der Waals surface area (Å²) in [5, 5.41) is 0.477. The van der Waals surface area contributed by atoms with Gasteiger partial charge in [-0.25, -0.2) is 8.42 Å². The molecule has 208 valence electrons. The Bertz CT molecular complexity index is 1410. The monoisotopic (exact) mass is 569 g/mol. The standard InChI is InChI=1S/C30H36ClN3O4S/c1-2-34(18-6-5-16-32)39(35,36)24-11-12-28(31)22(19-24)21-37-30(14-15-30)27-20-33-17-13-25(27)26-7-3-4-8-29(26)38-23-9-10-23/h3-4,7-8,11-13,17,19-20,23H,2,5-6,9-10,14-16,18,21,32H2,1H3. The first kappa shape index (κ1) is 28.1. The number of nitrogens with zero attached hydrogens (tertiary/aromatic N) is 2. The van der Waals surface area contributed by atoms with Crippen molar-refractivity contribution in [2.45, 2.75) is 68.7 Å². The van der Waals surface area contributed by atoms with Crippen molar-refractivity contribution in [3.63, 3.8) is 0 Å². The van der Waals surface area contributed by atoms with Crippen molar-refractivity contribution in [2.75, 3.05) is 19.6 Å². The Morgan fingerprint density at radius 2 is 1.90 bits per heavy atom. The number of hydrogen-bond acceptors (Lipinski definition) is 6. The van der Waals surface area contributed by atoms with Gasteiger partial charge in [-0.3, -0.25) is 4.98 Å². The van der Waals surface area contributed by atoms with Gasteiger partial charge in [0.05, 0.1) is 23.2 Å². The van der Waals surface area contributed by atoms with Crippen molar-refractivity contribution >= 4 is 21.6 Å². The van der Waals surface area contributed by atoms with Crippen LogP contribution in [0.2, 0.25) is 5.02 Å². The molecule has 2 saturated carbocycles. The predicted octanol–water partition coefficient (Wildman–Crippen LogP) is 5.90. The highest BCUT2D eigenvalue weighted by atomic mass is 35.5. The number of halogens is 1. The Balaban J connectivity index is 1.37. The Kier molecular flexibility index (Phi) is 8.59. The van der Waals surface area contributed by atoms with E-state index in [1.54, 1.807) is 24.4 Å². The molecular weight excluding hydrogens is 534 g/mol. The topological polar surface area (TPSA) is 94.8 Å². The summed E-state index contributed by atoms with van der Waals surface area (Å²) in [5.41, 5.74) is 8.80. The highest BCUT2D eigenvalue weighted by Crippen LogP contribution is 2.53. The van der Waals surface area contributed by atoms with Gasteiger partial charge in [-0.2, -0.15) is 4.31 Å². The van der Waals surface area contributed by atoms with Gasteiger partial charge in [0.2, 0.25) is 10.0 Å². The first-order chi connectivity index (χ1) is 18.9. The van der Waals surface area contributed by atoms with Gasteiger partial charge in [-0.05, 0) is 86.5 Å². The fraction of sp³-hybridized carbons (Fsp3) is 0.433. The number of pyridine rings is 1. The van der Waals surface area contributed by atoms with E-state index in [4.69, 9.17) is 26.8 Å². The minimum atomic E-state index is -3.66. The number of para-hydroxylation sites is 1. The molecule has 0 saturated heterocycles. The summed E-state index contributed by atoms with van der Waals surface area (Å²) >= 11 is 6.53. The molecule has 39 heavy (non-hydrogen) atoms. The van der Waals surface area contributed by atoms with Crippen LogP contribution in [0.1, 0.15) is 56.6 Å². The maximum absolute atomic E-state index is 13.4. The summed E-state index contributed by atoms with van der Waals surface area (Å²) in [6.07, 6.45) is 9.32. The number of aromatic nitrogens is 1. The van der Waals surface area contributed by atoms with Crippen molar-refractivity contribution in [1.29, 1.82) is 0 Å². The van der Waals surface area contributed by atoms with Crippen LogP contribution in [-0.2, 0) is 27.0 Å². The Labute approximate surface area is 236 Å². The van der Waals surface area contributed by atoms with Crippen LogP contribution < -0.4 is 10.5 Å².